The van der Waals surface area contributed by atoms with E-state index in [2.05, 4.69) is 4.72 Å². The molecule has 0 radical (unpaired) electrons. The van der Waals surface area contributed by atoms with Gasteiger partial charge in [0, 0.05) is 37.4 Å². The van der Waals surface area contributed by atoms with Crippen LogP contribution >= 0.6 is 0 Å². The van der Waals surface area contributed by atoms with Crippen LogP contribution in [-0.4, -0.2) is 62.5 Å². The van der Waals surface area contributed by atoms with Crippen LogP contribution in [-0.2, 0) is 10.0 Å². The zero-order valence-corrected chi connectivity index (χ0v) is 16.7. The van der Waals surface area contributed by atoms with Gasteiger partial charge in [0.25, 0.3) is 11.8 Å². The minimum Gasteiger partial charge on any atom is -0.335 e. The van der Waals surface area contributed by atoms with E-state index >= 15 is 0 Å². The highest BCUT2D eigenvalue weighted by Gasteiger charge is 2.28. The van der Waals surface area contributed by atoms with Crippen molar-refractivity contribution in [2.45, 2.75) is 0 Å². The van der Waals surface area contributed by atoms with E-state index < -0.39 is 38.9 Å². The predicted octanol–water partition coefficient (Wildman–Crippen LogP) is 2.07. The van der Waals surface area contributed by atoms with Crippen molar-refractivity contribution in [2.24, 2.45) is 0 Å². The summed E-state index contributed by atoms with van der Waals surface area (Å²) in [5.74, 6) is -5.72. The molecule has 11 heteroatoms. The highest BCUT2D eigenvalue weighted by molar-refractivity contribution is 7.92. The van der Waals surface area contributed by atoms with Gasteiger partial charge in [-0.2, -0.15) is 0 Å². The van der Waals surface area contributed by atoms with E-state index in [1.165, 1.54) is 34.1 Å². The lowest BCUT2D eigenvalue weighted by Crippen LogP contribution is -2.50. The van der Waals surface area contributed by atoms with Crippen molar-refractivity contribution in [3.8, 4) is 0 Å². The van der Waals surface area contributed by atoms with Crippen molar-refractivity contribution >= 4 is 27.5 Å². The van der Waals surface area contributed by atoms with Crippen LogP contribution in [0.5, 0.6) is 0 Å². The van der Waals surface area contributed by atoms with Gasteiger partial charge in [0.1, 0.15) is 0 Å². The Balaban J connectivity index is 1.63. The summed E-state index contributed by atoms with van der Waals surface area (Å²) in [5.41, 5.74) is 0.0844. The van der Waals surface area contributed by atoms with Gasteiger partial charge >= 0.3 is 0 Å². The van der Waals surface area contributed by atoms with Crippen molar-refractivity contribution in [3.05, 3.63) is 65.0 Å². The van der Waals surface area contributed by atoms with Gasteiger partial charge in [-0.1, -0.05) is 0 Å². The van der Waals surface area contributed by atoms with Crippen LogP contribution in [0.1, 0.15) is 20.7 Å². The Morgan fingerprint density at radius 3 is 1.90 bits per heavy atom. The van der Waals surface area contributed by atoms with Crippen LogP contribution < -0.4 is 4.72 Å². The van der Waals surface area contributed by atoms with Crippen LogP contribution in [0.4, 0.5) is 18.9 Å². The molecular formula is C19H18F3N3O4S. The summed E-state index contributed by atoms with van der Waals surface area (Å²) in [6.07, 6.45) is 1.01. The van der Waals surface area contributed by atoms with Gasteiger partial charge in [-0.15, -0.1) is 0 Å². The van der Waals surface area contributed by atoms with E-state index in [0.717, 1.165) is 12.3 Å². The lowest BCUT2D eigenvalue weighted by atomic mass is 10.1. The molecule has 1 N–H and O–H groups in total. The molecule has 0 aliphatic carbocycles. The number of benzene rings is 2. The zero-order chi connectivity index (χ0) is 22.1. The molecule has 2 amide bonds. The smallest absolute Gasteiger partial charge is 0.257 e. The van der Waals surface area contributed by atoms with Gasteiger partial charge < -0.3 is 9.80 Å². The Hall–Kier alpha value is -3.08. The van der Waals surface area contributed by atoms with E-state index in [-0.39, 0.29) is 32.1 Å². The van der Waals surface area contributed by atoms with Crippen LogP contribution in [0.3, 0.4) is 0 Å². The number of piperazine rings is 1. The second-order valence-electron chi connectivity index (χ2n) is 6.76. The van der Waals surface area contributed by atoms with Crippen LogP contribution in [0.25, 0.3) is 0 Å². The summed E-state index contributed by atoms with van der Waals surface area (Å²) in [5, 5.41) is 0. The van der Waals surface area contributed by atoms with Crippen molar-refractivity contribution < 1.29 is 31.2 Å². The van der Waals surface area contributed by atoms with Crippen LogP contribution in [0.15, 0.2) is 36.4 Å². The fourth-order valence-corrected chi connectivity index (χ4v) is 3.62. The summed E-state index contributed by atoms with van der Waals surface area (Å²) in [6, 6.07) is 7.45. The topological polar surface area (TPSA) is 86.8 Å². The maximum Gasteiger partial charge on any atom is 0.257 e. The second kappa shape index (κ2) is 8.34. The summed E-state index contributed by atoms with van der Waals surface area (Å²) < 4.78 is 65.1. The molecule has 2 aromatic carbocycles. The van der Waals surface area contributed by atoms with Crippen molar-refractivity contribution in [2.75, 3.05) is 37.2 Å². The third-order valence-corrected chi connectivity index (χ3v) is 5.16. The molecule has 0 atom stereocenters. The standard InChI is InChI=1S/C19H18F3N3O4S/c1-30(28,29)23-13-4-2-12(3-5-13)18(26)24-8-10-25(11-9-24)19(27)14-6-7-15(20)17(22)16(14)21/h2-7,23H,8-11H2,1H3. The molecule has 1 aliphatic heterocycles. The molecule has 3 rings (SSSR count). The number of nitrogens with zero attached hydrogens (tertiary/aromatic N) is 2. The molecule has 0 saturated carbocycles. The fourth-order valence-electron chi connectivity index (χ4n) is 3.05. The van der Waals surface area contributed by atoms with Gasteiger partial charge in [-0.05, 0) is 36.4 Å². The number of hydrogen-bond acceptors (Lipinski definition) is 4. The van der Waals surface area contributed by atoms with E-state index in [0.29, 0.717) is 17.3 Å². The van der Waals surface area contributed by atoms with Gasteiger partial charge in [-0.25, -0.2) is 21.6 Å². The van der Waals surface area contributed by atoms with Gasteiger partial charge in [0.05, 0.1) is 11.8 Å². The lowest BCUT2D eigenvalue weighted by molar-refractivity contribution is 0.0532. The molecule has 1 saturated heterocycles. The molecule has 1 aliphatic rings. The minimum absolute atomic E-state index is 0.0940. The number of nitrogens with one attached hydrogen (secondary N) is 1. The van der Waals surface area contributed by atoms with E-state index in [1.807, 2.05) is 0 Å². The highest BCUT2D eigenvalue weighted by Crippen LogP contribution is 2.19. The summed E-state index contributed by atoms with van der Waals surface area (Å²) in [6.45, 7) is 0.520. The third-order valence-electron chi connectivity index (χ3n) is 4.55. The largest absolute Gasteiger partial charge is 0.335 e. The van der Waals surface area contributed by atoms with E-state index in [4.69, 9.17) is 0 Å². The molecule has 0 aromatic heterocycles. The number of amides is 2. The number of anilines is 1. The molecule has 1 heterocycles. The number of sulfonamides is 1. The molecule has 7 nitrogen and oxygen atoms in total. The molecule has 30 heavy (non-hydrogen) atoms. The second-order valence-corrected chi connectivity index (χ2v) is 8.51. The van der Waals surface area contributed by atoms with Gasteiger partial charge in [0.15, 0.2) is 17.5 Å². The Morgan fingerprint density at radius 1 is 0.833 bits per heavy atom. The summed E-state index contributed by atoms with van der Waals surface area (Å²) in [4.78, 5) is 27.8. The number of halogens is 3. The lowest BCUT2D eigenvalue weighted by Gasteiger charge is -2.35. The van der Waals surface area contributed by atoms with Crippen LogP contribution in [0.2, 0.25) is 0 Å². The SMILES string of the molecule is CS(=O)(=O)Nc1ccc(C(=O)N2CCN(C(=O)c3ccc(F)c(F)c3F)CC2)cc1. The molecule has 0 unspecified atom stereocenters. The van der Waals surface area contributed by atoms with Gasteiger partial charge in [0.2, 0.25) is 10.0 Å². The van der Waals surface area contributed by atoms with Crippen molar-refractivity contribution in [1.29, 1.82) is 0 Å². The first-order chi connectivity index (χ1) is 14.1. The van der Waals surface area contributed by atoms with E-state index in [9.17, 15) is 31.2 Å². The highest BCUT2D eigenvalue weighted by atomic mass is 32.2. The molecule has 1 fully saturated rings. The average molecular weight is 441 g/mol. The fraction of sp³-hybridized carbons (Fsp3) is 0.263. The number of carbonyl (C=O) groups excluding carboxylic acids is 2. The Bertz CT molecular complexity index is 1080. The van der Waals surface area contributed by atoms with Crippen molar-refractivity contribution in [1.82, 2.24) is 9.80 Å². The average Bonchev–Trinajstić information content (AvgIpc) is 2.71. The minimum atomic E-state index is -3.43. The quantitative estimate of drug-likeness (QED) is 0.736. The Morgan fingerprint density at radius 2 is 1.37 bits per heavy atom. The molecule has 160 valence electrons. The first-order valence-electron chi connectivity index (χ1n) is 8.87. The van der Waals surface area contributed by atoms with E-state index in [1.54, 1.807) is 0 Å². The molecule has 0 spiro atoms. The third kappa shape index (κ3) is 4.73. The monoisotopic (exact) mass is 441 g/mol. The molecule has 0 bridgehead atoms. The Kier molecular flexibility index (Phi) is 6.01. The summed E-state index contributed by atoms with van der Waals surface area (Å²) in [7, 11) is -3.43. The van der Waals surface area contributed by atoms with Gasteiger partial charge in [-0.3, -0.25) is 14.3 Å². The normalized spacial score (nSPS) is 14.5. The number of carbonyl (C=O) groups is 2. The first kappa shape index (κ1) is 21.6. The molecule has 2 aromatic rings. The van der Waals surface area contributed by atoms with Crippen molar-refractivity contribution in [3.63, 3.8) is 0 Å². The maximum atomic E-state index is 13.9. The zero-order valence-electron chi connectivity index (χ0n) is 15.9. The maximum absolute atomic E-state index is 13.9. The first-order valence-corrected chi connectivity index (χ1v) is 10.8. The predicted molar refractivity (Wildman–Crippen MR) is 103 cm³/mol. The molecular weight excluding hydrogens is 423 g/mol. The Labute approximate surface area is 171 Å². The number of rotatable bonds is 4. The number of hydrogen-bond donors (Lipinski definition) is 1. The van der Waals surface area contributed by atoms with Crippen LogP contribution in [0, 0.1) is 17.5 Å². The summed E-state index contributed by atoms with van der Waals surface area (Å²) >= 11 is 0.